The highest BCUT2D eigenvalue weighted by atomic mass is 15.5. The standard InChI is InChI=1S/C31H55N9/c1-3-5-18-38(19-6-4-2)20-15-24-16-21-39(22-17-24)37-29-28-30(40(23-33-28)27-9-7-8-10-27)36-31(35-29)34-26-13-11-25(32)12-14-26/h23-27H,3-22,32H2,1-2H3,(H2,34,35,36,37). The van der Waals surface area contributed by atoms with Gasteiger partial charge in [-0.25, -0.2) is 9.99 Å². The number of hydrogen-bond donors (Lipinski definition) is 3. The van der Waals surface area contributed by atoms with E-state index < -0.39 is 0 Å². The molecule has 3 heterocycles. The van der Waals surface area contributed by atoms with Gasteiger partial charge in [-0.05, 0) is 96.2 Å². The average Bonchev–Trinajstić information content (AvgIpc) is 3.65. The summed E-state index contributed by atoms with van der Waals surface area (Å²) in [6.45, 7) is 10.5. The van der Waals surface area contributed by atoms with Crippen LogP contribution in [0.1, 0.15) is 116 Å². The molecule has 9 heteroatoms. The van der Waals surface area contributed by atoms with Gasteiger partial charge in [0.25, 0.3) is 0 Å². The highest BCUT2D eigenvalue weighted by Crippen LogP contribution is 2.34. The van der Waals surface area contributed by atoms with E-state index in [-0.39, 0.29) is 0 Å². The number of nitrogens with one attached hydrogen (secondary N) is 2. The Bertz CT molecular complexity index is 1010. The van der Waals surface area contributed by atoms with Gasteiger partial charge >= 0.3 is 0 Å². The molecule has 1 aliphatic heterocycles. The fourth-order valence-corrected chi connectivity index (χ4v) is 6.90. The van der Waals surface area contributed by atoms with Gasteiger partial charge in [0.1, 0.15) is 0 Å². The van der Waals surface area contributed by atoms with Gasteiger partial charge in [0.15, 0.2) is 17.0 Å². The summed E-state index contributed by atoms with van der Waals surface area (Å²) in [5, 5.41) is 6.02. The van der Waals surface area contributed by atoms with Crippen LogP contribution >= 0.6 is 0 Å². The first-order chi connectivity index (χ1) is 19.6. The van der Waals surface area contributed by atoms with E-state index in [4.69, 9.17) is 20.7 Å². The minimum absolute atomic E-state index is 0.334. The van der Waals surface area contributed by atoms with Crippen molar-refractivity contribution >= 4 is 22.9 Å². The molecule has 0 spiro atoms. The molecule has 9 nitrogen and oxygen atoms in total. The number of nitrogens with zero attached hydrogens (tertiary/aromatic N) is 6. The second-order valence-electron chi connectivity index (χ2n) is 12.8. The largest absolute Gasteiger partial charge is 0.351 e. The topological polar surface area (TPSA) is 100 Å². The smallest absolute Gasteiger partial charge is 0.227 e. The van der Waals surface area contributed by atoms with Crippen LogP contribution in [-0.2, 0) is 0 Å². The number of piperidine rings is 1. The van der Waals surface area contributed by atoms with Crippen molar-refractivity contribution in [1.82, 2.24) is 29.4 Å². The van der Waals surface area contributed by atoms with Gasteiger partial charge in [0.05, 0.1) is 6.33 Å². The number of rotatable bonds is 14. The fraction of sp³-hybridized carbons (Fsp3) is 0.839. The van der Waals surface area contributed by atoms with E-state index in [1.165, 1.54) is 90.3 Å². The molecule has 5 rings (SSSR count). The molecule has 3 aliphatic rings. The SMILES string of the molecule is CCCCN(CCCC)CCC1CCN(Nc2nc(NC3CCC(N)CC3)nc3c2ncn3C2CCCC2)CC1. The van der Waals surface area contributed by atoms with Crippen molar-refractivity contribution in [3.05, 3.63) is 6.33 Å². The summed E-state index contributed by atoms with van der Waals surface area (Å²) < 4.78 is 2.31. The highest BCUT2D eigenvalue weighted by molar-refractivity contribution is 5.84. The molecular weight excluding hydrogens is 498 g/mol. The van der Waals surface area contributed by atoms with Crippen molar-refractivity contribution < 1.29 is 0 Å². The maximum Gasteiger partial charge on any atom is 0.227 e. The summed E-state index contributed by atoms with van der Waals surface area (Å²) in [7, 11) is 0. The maximum atomic E-state index is 6.16. The monoisotopic (exact) mass is 553 g/mol. The molecule has 0 atom stereocenters. The highest BCUT2D eigenvalue weighted by Gasteiger charge is 2.26. The predicted molar refractivity (Wildman–Crippen MR) is 165 cm³/mol. The molecular formula is C31H55N9. The Kier molecular flexibility index (Phi) is 10.9. The van der Waals surface area contributed by atoms with Crippen LogP contribution in [0.15, 0.2) is 6.33 Å². The van der Waals surface area contributed by atoms with E-state index in [2.05, 4.69) is 39.1 Å². The predicted octanol–water partition coefficient (Wildman–Crippen LogP) is 5.95. The van der Waals surface area contributed by atoms with Crippen molar-refractivity contribution in [3.8, 4) is 0 Å². The number of imidazole rings is 1. The number of unbranched alkanes of at least 4 members (excludes halogenated alkanes) is 2. The van der Waals surface area contributed by atoms with Crippen LogP contribution in [0.5, 0.6) is 0 Å². The Morgan fingerprint density at radius 1 is 0.900 bits per heavy atom. The van der Waals surface area contributed by atoms with Crippen molar-refractivity contribution in [2.24, 2.45) is 11.7 Å². The van der Waals surface area contributed by atoms with E-state index in [9.17, 15) is 0 Å². The third kappa shape index (κ3) is 7.85. The van der Waals surface area contributed by atoms with E-state index in [0.717, 1.165) is 67.6 Å². The maximum absolute atomic E-state index is 6.16. The van der Waals surface area contributed by atoms with Crippen LogP contribution in [-0.4, -0.2) is 74.2 Å². The molecule has 0 aromatic carbocycles. The summed E-state index contributed by atoms with van der Waals surface area (Å²) in [6.07, 6.45) is 20.3. The molecule has 2 aliphatic carbocycles. The lowest BCUT2D eigenvalue weighted by molar-refractivity contribution is 0.182. The third-order valence-electron chi connectivity index (χ3n) is 9.63. The molecule has 0 radical (unpaired) electrons. The van der Waals surface area contributed by atoms with E-state index >= 15 is 0 Å². The number of fused-ring (bicyclic) bond motifs is 1. The average molecular weight is 554 g/mol. The third-order valence-corrected chi connectivity index (χ3v) is 9.63. The Morgan fingerprint density at radius 2 is 1.60 bits per heavy atom. The van der Waals surface area contributed by atoms with Crippen molar-refractivity contribution in [3.63, 3.8) is 0 Å². The van der Waals surface area contributed by atoms with E-state index in [0.29, 0.717) is 18.1 Å². The molecule has 2 aromatic rings. The van der Waals surface area contributed by atoms with Gasteiger partial charge < -0.3 is 25.9 Å². The van der Waals surface area contributed by atoms with Gasteiger partial charge in [-0.1, -0.05) is 39.5 Å². The summed E-state index contributed by atoms with van der Waals surface area (Å²) in [6, 6.07) is 1.22. The van der Waals surface area contributed by atoms with Crippen LogP contribution in [0.25, 0.3) is 11.2 Å². The lowest BCUT2D eigenvalue weighted by Gasteiger charge is -2.33. The van der Waals surface area contributed by atoms with Gasteiger partial charge in [-0.2, -0.15) is 9.97 Å². The normalized spacial score (nSPS) is 23.4. The second kappa shape index (κ2) is 14.8. The van der Waals surface area contributed by atoms with Crippen molar-refractivity contribution in [1.29, 1.82) is 0 Å². The minimum Gasteiger partial charge on any atom is -0.351 e. The molecule has 40 heavy (non-hydrogen) atoms. The molecule has 0 unspecified atom stereocenters. The van der Waals surface area contributed by atoms with Crippen LogP contribution < -0.4 is 16.5 Å². The lowest BCUT2D eigenvalue weighted by Crippen LogP contribution is -2.39. The molecule has 2 aromatic heterocycles. The summed E-state index contributed by atoms with van der Waals surface area (Å²) in [5.41, 5.74) is 11.7. The number of hydrazine groups is 1. The van der Waals surface area contributed by atoms with Crippen LogP contribution in [0.2, 0.25) is 0 Å². The van der Waals surface area contributed by atoms with Gasteiger partial charge in [-0.3, -0.25) is 0 Å². The van der Waals surface area contributed by atoms with E-state index in [1.807, 2.05) is 6.33 Å². The second-order valence-corrected chi connectivity index (χ2v) is 12.8. The molecule has 0 bridgehead atoms. The number of hydrogen-bond acceptors (Lipinski definition) is 8. The molecule has 4 N–H and O–H groups in total. The zero-order valence-electron chi connectivity index (χ0n) is 25.3. The van der Waals surface area contributed by atoms with Gasteiger partial charge in [-0.15, -0.1) is 0 Å². The lowest BCUT2D eigenvalue weighted by atomic mass is 9.92. The van der Waals surface area contributed by atoms with Gasteiger partial charge in [0.2, 0.25) is 5.95 Å². The first-order valence-corrected chi connectivity index (χ1v) is 16.6. The molecule has 3 fully saturated rings. The first-order valence-electron chi connectivity index (χ1n) is 16.6. The molecule has 224 valence electrons. The Labute approximate surface area is 242 Å². The zero-order valence-corrected chi connectivity index (χ0v) is 25.3. The molecule has 2 saturated carbocycles. The van der Waals surface area contributed by atoms with Crippen molar-refractivity contribution in [2.45, 2.75) is 128 Å². The first kappa shape index (κ1) is 29.5. The van der Waals surface area contributed by atoms with Crippen LogP contribution in [0.4, 0.5) is 11.8 Å². The number of nitrogens with two attached hydrogens (primary N) is 1. The van der Waals surface area contributed by atoms with Crippen LogP contribution in [0, 0.1) is 5.92 Å². The summed E-state index contributed by atoms with van der Waals surface area (Å²) in [5.74, 6) is 2.38. The Balaban J connectivity index is 1.22. The van der Waals surface area contributed by atoms with Crippen molar-refractivity contribution in [2.75, 3.05) is 43.5 Å². The zero-order chi connectivity index (χ0) is 27.7. The van der Waals surface area contributed by atoms with E-state index in [1.54, 1.807) is 0 Å². The Hall–Kier alpha value is -1.97. The summed E-state index contributed by atoms with van der Waals surface area (Å²) >= 11 is 0. The summed E-state index contributed by atoms with van der Waals surface area (Å²) in [4.78, 5) is 17.6. The van der Waals surface area contributed by atoms with Crippen LogP contribution in [0.3, 0.4) is 0 Å². The number of anilines is 2. The Morgan fingerprint density at radius 3 is 2.27 bits per heavy atom. The minimum atomic E-state index is 0.334. The molecule has 0 amide bonds. The molecule has 1 saturated heterocycles. The fourth-order valence-electron chi connectivity index (χ4n) is 6.90. The quantitative estimate of drug-likeness (QED) is 0.264. The van der Waals surface area contributed by atoms with Gasteiger partial charge in [0, 0.05) is 31.2 Å². The number of aromatic nitrogens is 4.